The number of hydrogen-bond donors (Lipinski definition) is 1. The molecule has 1 N–H and O–H groups in total. The Bertz CT molecular complexity index is 1540. The smallest absolute Gasteiger partial charge is 0.162 e. The van der Waals surface area contributed by atoms with Crippen LogP contribution in [0.5, 0.6) is 0 Å². The molecule has 1 aromatic heterocycles. The first-order valence-electron chi connectivity index (χ1n) is 13.2. The molecule has 3 aliphatic rings. The average Bonchev–Trinajstić information content (AvgIpc) is 3.16. The minimum Gasteiger partial charge on any atom is -0.362 e. The minimum absolute atomic E-state index is 0.123. The number of Topliss-reactive ketones (excluding diaryl/α,β-unsaturated/α-hetero) is 2. The second-order valence-electron chi connectivity index (χ2n) is 12.7. The number of para-hydroxylation sites is 1. The lowest BCUT2D eigenvalue weighted by Crippen LogP contribution is -2.42. The summed E-state index contributed by atoms with van der Waals surface area (Å²) in [5, 5.41) is 5.73. The number of aromatic nitrogens is 1. The fourth-order valence-electron chi connectivity index (χ4n) is 6.67. The Kier molecular flexibility index (Phi) is 5.93. The van der Waals surface area contributed by atoms with Crippen molar-refractivity contribution in [3.63, 3.8) is 0 Å². The van der Waals surface area contributed by atoms with E-state index in [1.54, 1.807) is 0 Å². The van der Waals surface area contributed by atoms with Crippen LogP contribution >= 0.6 is 23.2 Å². The third-order valence-electron chi connectivity index (χ3n) is 8.19. The lowest BCUT2D eigenvalue weighted by Gasteiger charge is -2.43. The number of allylic oxidation sites excluding steroid dienone is 4. The Morgan fingerprint density at radius 2 is 1.45 bits per heavy atom. The Morgan fingerprint density at radius 1 is 0.842 bits per heavy atom. The van der Waals surface area contributed by atoms with E-state index in [0.29, 0.717) is 29.4 Å². The zero-order chi connectivity index (χ0) is 27.0. The van der Waals surface area contributed by atoms with Crippen molar-refractivity contribution in [2.24, 2.45) is 10.8 Å². The fraction of sp³-hybridized carbons (Fsp3) is 0.375. The highest BCUT2D eigenvalue weighted by Crippen LogP contribution is 2.52. The molecular weight excluding hydrogens is 515 g/mol. The quantitative estimate of drug-likeness (QED) is 0.362. The molecule has 6 heteroatoms. The maximum atomic E-state index is 13.8. The standard InChI is InChI=1S/C32H32Cl2N2O2/c1-31(2)12-23-29(26(37)14-31)28(30-24(35-23)13-32(3,4)15-27(30)38)20-17-36(25-8-6-5-7-19(20)25)16-18-9-10-21(33)22(34)11-18/h5-11,17,28,35H,12-16H2,1-4H3. The number of dihydropyridines is 1. The molecule has 0 radical (unpaired) electrons. The summed E-state index contributed by atoms with van der Waals surface area (Å²) in [7, 11) is 0. The van der Waals surface area contributed by atoms with Gasteiger partial charge in [-0.25, -0.2) is 0 Å². The summed E-state index contributed by atoms with van der Waals surface area (Å²) < 4.78 is 2.20. The predicted molar refractivity (Wildman–Crippen MR) is 153 cm³/mol. The van der Waals surface area contributed by atoms with Crippen molar-refractivity contribution in [1.82, 2.24) is 9.88 Å². The van der Waals surface area contributed by atoms with Crippen molar-refractivity contribution in [3.8, 4) is 0 Å². The first-order chi connectivity index (χ1) is 17.9. The number of ketones is 2. The van der Waals surface area contributed by atoms with Crippen LogP contribution in [0.1, 0.15) is 70.4 Å². The summed E-state index contributed by atoms with van der Waals surface area (Å²) in [5.74, 6) is -0.0908. The van der Waals surface area contributed by atoms with E-state index in [0.717, 1.165) is 57.4 Å². The van der Waals surface area contributed by atoms with Gasteiger partial charge in [-0.15, -0.1) is 0 Å². The molecule has 0 saturated heterocycles. The van der Waals surface area contributed by atoms with Crippen molar-refractivity contribution in [2.45, 2.75) is 65.8 Å². The van der Waals surface area contributed by atoms with E-state index >= 15 is 0 Å². The van der Waals surface area contributed by atoms with Gasteiger partial charge in [0.15, 0.2) is 11.6 Å². The summed E-state index contributed by atoms with van der Waals surface area (Å²) in [6.45, 7) is 9.19. The van der Waals surface area contributed by atoms with Gasteiger partial charge < -0.3 is 9.88 Å². The lowest BCUT2D eigenvalue weighted by atomic mass is 9.64. The summed E-state index contributed by atoms with van der Waals surface area (Å²) in [6, 6.07) is 13.9. The second-order valence-corrected chi connectivity index (χ2v) is 13.5. The number of nitrogens with zero attached hydrogens (tertiary/aromatic N) is 1. The predicted octanol–water partition coefficient (Wildman–Crippen LogP) is 7.97. The zero-order valence-electron chi connectivity index (χ0n) is 22.3. The van der Waals surface area contributed by atoms with Gasteiger partial charge in [0.2, 0.25) is 0 Å². The minimum atomic E-state index is -0.367. The molecule has 2 aliphatic carbocycles. The second kappa shape index (κ2) is 8.86. The number of nitrogens with one attached hydrogen (secondary N) is 1. The highest BCUT2D eigenvalue weighted by molar-refractivity contribution is 6.42. The van der Waals surface area contributed by atoms with Crippen LogP contribution in [-0.4, -0.2) is 16.1 Å². The molecular formula is C32H32Cl2N2O2. The SMILES string of the molecule is CC1(C)CC(=O)C2=C(C1)NC1=C(C(=O)CC(C)(C)C1)C2c1cn(Cc2ccc(Cl)c(Cl)c2)c2ccccc12. The molecule has 0 bridgehead atoms. The van der Waals surface area contributed by atoms with Gasteiger partial charge in [0.1, 0.15) is 0 Å². The highest BCUT2D eigenvalue weighted by atomic mass is 35.5. The van der Waals surface area contributed by atoms with E-state index in [1.807, 2.05) is 30.3 Å². The summed E-state index contributed by atoms with van der Waals surface area (Å²) in [5.41, 5.74) is 6.38. The molecule has 2 heterocycles. The van der Waals surface area contributed by atoms with Crippen LogP contribution in [0, 0.1) is 10.8 Å². The molecule has 0 spiro atoms. The Morgan fingerprint density at radius 3 is 2.05 bits per heavy atom. The normalized spacial score (nSPS) is 21.0. The van der Waals surface area contributed by atoms with E-state index in [4.69, 9.17) is 23.2 Å². The van der Waals surface area contributed by atoms with Crippen molar-refractivity contribution < 1.29 is 9.59 Å². The molecule has 6 rings (SSSR count). The van der Waals surface area contributed by atoms with E-state index in [9.17, 15) is 9.59 Å². The number of hydrogen-bond acceptors (Lipinski definition) is 3. The van der Waals surface area contributed by atoms with Crippen molar-refractivity contribution in [1.29, 1.82) is 0 Å². The third-order valence-corrected chi connectivity index (χ3v) is 8.93. The van der Waals surface area contributed by atoms with Crippen LogP contribution < -0.4 is 5.32 Å². The van der Waals surface area contributed by atoms with Gasteiger partial charge in [0.25, 0.3) is 0 Å². The van der Waals surface area contributed by atoms with Gasteiger partial charge in [-0.1, -0.05) is 75.2 Å². The Labute approximate surface area is 233 Å². The van der Waals surface area contributed by atoms with Gasteiger partial charge >= 0.3 is 0 Å². The van der Waals surface area contributed by atoms with Crippen LogP contribution in [0.2, 0.25) is 10.0 Å². The average molecular weight is 548 g/mol. The molecule has 3 aromatic rings. The molecule has 0 saturated carbocycles. The van der Waals surface area contributed by atoms with E-state index < -0.39 is 0 Å². The fourth-order valence-corrected chi connectivity index (χ4v) is 6.99. The van der Waals surface area contributed by atoms with Gasteiger partial charge in [-0.3, -0.25) is 9.59 Å². The Balaban J connectivity index is 1.55. The van der Waals surface area contributed by atoms with Crippen LogP contribution in [0.4, 0.5) is 0 Å². The first kappa shape index (κ1) is 25.5. The zero-order valence-corrected chi connectivity index (χ0v) is 23.8. The molecule has 0 unspecified atom stereocenters. The maximum Gasteiger partial charge on any atom is 0.162 e. The van der Waals surface area contributed by atoms with Gasteiger partial charge in [-0.2, -0.15) is 0 Å². The van der Waals surface area contributed by atoms with Crippen LogP contribution in [0.15, 0.2) is 71.2 Å². The molecule has 0 amide bonds. The van der Waals surface area contributed by atoms with E-state index in [-0.39, 0.29) is 28.3 Å². The lowest BCUT2D eigenvalue weighted by molar-refractivity contribution is -0.119. The molecule has 38 heavy (non-hydrogen) atoms. The molecule has 0 atom stereocenters. The van der Waals surface area contributed by atoms with Crippen molar-refractivity contribution >= 4 is 45.7 Å². The van der Waals surface area contributed by atoms with Crippen LogP contribution in [-0.2, 0) is 16.1 Å². The number of benzene rings is 2. The largest absolute Gasteiger partial charge is 0.362 e. The van der Waals surface area contributed by atoms with Gasteiger partial charge in [0.05, 0.1) is 10.0 Å². The summed E-state index contributed by atoms with van der Waals surface area (Å²) in [4.78, 5) is 27.5. The first-order valence-corrected chi connectivity index (χ1v) is 14.0. The number of carbonyl (C=O) groups is 2. The highest BCUT2D eigenvalue weighted by Gasteiger charge is 2.47. The number of halogens is 2. The van der Waals surface area contributed by atoms with Crippen molar-refractivity contribution in [2.75, 3.05) is 0 Å². The molecule has 196 valence electrons. The maximum absolute atomic E-state index is 13.8. The Hall–Kier alpha value is -2.82. The summed E-state index contributed by atoms with van der Waals surface area (Å²) >= 11 is 12.5. The van der Waals surface area contributed by atoms with E-state index in [2.05, 4.69) is 55.9 Å². The van der Waals surface area contributed by atoms with Crippen LogP contribution in [0.25, 0.3) is 10.9 Å². The molecule has 0 fully saturated rings. The third kappa shape index (κ3) is 4.32. The van der Waals surface area contributed by atoms with Gasteiger partial charge in [-0.05, 0) is 53.0 Å². The van der Waals surface area contributed by atoms with Crippen molar-refractivity contribution in [3.05, 3.63) is 92.4 Å². The molecule has 2 aromatic carbocycles. The molecule has 1 aliphatic heterocycles. The van der Waals surface area contributed by atoms with E-state index in [1.165, 1.54) is 0 Å². The van der Waals surface area contributed by atoms with Crippen LogP contribution in [0.3, 0.4) is 0 Å². The topological polar surface area (TPSA) is 51.1 Å². The number of fused-ring (bicyclic) bond motifs is 1. The number of rotatable bonds is 3. The molecule has 4 nitrogen and oxygen atoms in total. The number of carbonyl (C=O) groups excluding carboxylic acids is 2. The monoisotopic (exact) mass is 546 g/mol. The van der Waals surface area contributed by atoms with Gasteiger partial charge in [0, 0.05) is 64.9 Å². The summed E-state index contributed by atoms with van der Waals surface area (Å²) in [6.07, 6.45) is 4.68.